The van der Waals surface area contributed by atoms with Gasteiger partial charge >= 0.3 is 0 Å². The van der Waals surface area contributed by atoms with Crippen molar-refractivity contribution in [1.82, 2.24) is 0 Å². The zero-order valence-electron chi connectivity index (χ0n) is 7.44. The van der Waals surface area contributed by atoms with Gasteiger partial charge in [-0.2, -0.15) is 0 Å². The molecule has 0 aromatic heterocycles. The second-order valence-corrected chi connectivity index (χ2v) is 5.65. The van der Waals surface area contributed by atoms with Gasteiger partial charge in [-0.05, 0) is 45.9 Å². The van der Waals surface area contributed by atoms with Crippen molar-refractivity contribution < 1.29 is 0 Å². The lowest BCUT2D eigenvalue weighted by Gasteiger charge is -2.08. The Hall–Kier alpha value is 0.140. The summed E-state index contributed by atoms with van der Waals surface area (Å²) in [5, 5.41) is 2.44. The summed E-state index contributed by atoms with van der Waals surface area (Å²) in [4.78, 5) is 0. The number of hydrogen-bond acceptors (Lipinski definition) is 0. The molecule has 0 saturated heterocycles. The van der Waals surface area contributed by atoms with E-state index in [4.69, 9.17) is 0 Å². The Morgan fingerprint density at radius 3 is 2.43 bits per heavy atom. The van der Waals surface area contributed by atoms with Crippen LogP contribution in [0, 0.1) is 6.92 Å². The molecule has 0 N–H and O–H groups in total. The fourth-order valence-corrected chi connectivity index (χ4v) is 3.55. The highest BCUT2D eigenvalue weighted by Crippen LogP contribution is 2.37. The number of fused-ring (bicyclic) bond motifs is 1. The van der Waals surface area contributed by atoms with Crippen molar-refractivity contribution >= 4 is 58.6 Å². The quantitative estimate of drug-likeness (QED) is 0.573. The molecule has 72 valence electrons. The fraction of sp³-hybridized carbons (Fsp3) is 0.0909. The molecular weight excluding hydrogens is 372 g/mol. The first kappa shape index (κ1) is 10.7. The summed E-state index contributed by atoms with van der Waals surface area (Å²) in [6, 6.07) is 8.33. The van der Waals surface area contributed by atoms with Gasteiger partial charge in [-0.1, -0.05) is 44.0 Å². The van der Waals surface area contributed by atoms with Crippen LogP contribution in [0.3, 0.4) is 0 Å². The van der Waals surface area contributed by atoms with E-state index in [9.17, 15) is 0 Å². The molecule has 2 aromatic rings. The number of benzene rings is 2. The Bertz CT molecular complexity index is 503. The second kappa shape index (κ2) is 3.95. The largest absolute Gasteiger partial charge is 0.0605 e. The van der Waals surface area contributed by atoms with Crippen LogP contribution in [0.4, 0.5) is 0 Å². The van der Waals surface area contributed by atoms with Gasteiger partial charge in [-0.25, -0.2) is 0 Å². The molecule has 3 heteroatoms. The van der Waals surface area contributed by atoms with E-state index in [1.54, 1.807) is 0 Å². The highest BCUT2D eigenvalue weighted by molar-refractivity contribution is 9.11. The van der Waals surface area contributed by atoms with Gasteiger partial charge in [-0.15, -0.1) is 0 Å². The number of halogens is 3. The van der Waals surface area contributed by atoms with Gasteiger partial charge in [0.25, 0.3) is 0 Å². The summed E-state index contributed by atoms with van der Waals surface area (Å²) in [5.74, 6) is 0. The number of rotatable bonds is 0. The Morgan fingerprint density at radius 2 is 1.71 bits per heavy atom. The molecule has 0 amide bonds. The number of aryl methyl sites for hydroxylation is 1. The van der Waals surface area contributed by atoms with Crippen molar-refractivity contribution in [3.8, 4) is 0 Å². The topological polar surface area (TPSA) is 0 Å². The molecule has 2 rings (SSSR count). The van der Waals surface area contributed by atoms with Crippen molar-refractivity contribution in [3.63, 3.8) is 0 Å². The van der Waals surface area contributed by atoms with Crippen LogP contribution in [0.1, 0.15) is 5.56 Å². The molecule has 0 bridgehead atoms. The van der Waals surface area contributed by atoms with Gasteiger partial charge in [0.1, 0.15) is 0 Å². The van der Waals surface area contributed by atoms with Gasteiger partial charge in [0, 0.05) is 18.8 Å². The highest BCUT2D eigenvalue weighted by Gasteiger charge is 2.08. The lowest BCUT2D eigenvalue weighted by Crippen LogP contribution is -1.82. The van der Waals surface area contributed by atoms with Crippen LogP contribution in [0.25, 0.3) is 10.8 Å². The molecule has 0 unspecified atom stereocenters. The predicted octanol–water partition coefficient (Wildman–Crippen LogP) is 5.44. The molecule has 0 aliphatic rings. The normalized spacial score (nSPS) is 10.9. The predicted molar refractivity (Wildman–Crippen MR) is 71.8 cm³/mol. The summed E-state index contributed by atoms with van der Waals surface area (Å²) < 4.78 is 3.40. The maximum absolute atomic E-state index is 3.61. The zero-order valence-corrected chi connectivity index (χ0v) is 12.2. The van der Waals surface area contributed by atoms with Crippen LogP contribution in [0.15, 0.2) is 37.7 Å². The monoisotopic (exact) mass is 376 g/mol. The van der Waals surface area contributed by atoms with Gasteiger partial charge in [0.05, 0.1) is 0 Å². The fourth-order valence-electron chi connectivity index (χ4n) is 1.49. The van der Waals surface area contributed by atoms with E-state index in [0.717, 1.165) is 13.4 Å². The first-order chi connectivity index (χ1) is 6.61. The molecular formula is C11H7Br3. The summed E-state index contributed by atoms with van der Waals surface area (Å²) in [7, 11) is 0. The third-order valence-electron chi connectivity index (χ3n) is 2.18. The molecule has 0 nitrogen and oxygen atoms in total. The van der Waals surface area contributed by atoms with E-state index in [1.165, 1.54) is 16.3 Å². The molecule has 0 aliphatic carbocycles. The van der Waals surface area contributed by atoms with E-state index < -0.39 is 0 Å². The molecule has 0 fully saturated rings. The minimum absolute atomic E-state index is 1.11. The van der Waals surface area contributed by atoms with Crippen LogP contribution < -0.4 is 0 Å². The van der Waals surface area contributed by atoms with Crippen LogP contribution in [0.2, 0.25) is 0 Å². The molecule has 14 heavy (non-hydrogen) atoms. The van der Waals surface area contributed by atoms with Crippen molar-refractivity contribution in [3.05, 3.63) is 43.2 Å². The molecule has 2 aromatic carbocycles. The third-order valence-corrected chi connectivity index (χ3v) is 4.52. The highest BCUT2D eigenvalue weighted by atomic mass is 79.9. The lowest BCUT2D eigenvalue weighted by atomic mass is 10.1. The van der Waals surface area contributed by atoms with Crippen LogP contribution in [-0.4, -0.2) is 0 Å². The standard InChI is InChI=1S/C11H7Br3/c1-6-5-9(13)10-7(11(6)14)3-2-4-8(10)12/h2-5H,1H3. The summed E-state index contributed by atoms with van der Waals surface area (Å²) in [5.41, 5.74) is 1.24. The van der Waals surface area contributed by atoms with Gasteiger partial charge in [0.2, 0.25) is 0 Å². The molecule has 0 aliphatic heterocycles. The maximum atomic E-state index is 3.61. The Morgan fingerprint density at radius 1 is 1.00 bits per heavy atom. The first-order valence-electron chi connectivity index (χ1n) is 4.14. The lowest BCUT2D eigenvalue weighted by molar-refractivity contribution is 1.45. The van der Waals surface area contributed by atoms with Crippen molar-refractivity contribution in [2.75, 3.05) is 0 Å². The minimum atomic E-state index is 1.11. The van der Waals surface area contributed by atoms with Crippen molar-refractivity contribution in [1.29, 1.82) is 0 Å². The molecule has 0 heterocycles. The van der Waals surface area contributed by atoms with Gasteiger partial charge < -0.3 is 0 Å². The molecule has 0 spiro atoms. The second-order valence-electron chi connectivity index (χ2n) is 3.15. The average molecular weight is 379 g/mol. The minimum Gasteiger partial charge on any atom is -0.0605 e. The van der Waals surface area contributed by atoms with Crippen molar-refractivity contribution in [2.45, 2.75) is 6.92 Å². The molecule has 0 atom stereocenters. The van der Waals surface area contributed by atoms with Crippen LogP contribution in [0.5, 0.6) is 0 Å². The van der Waals surface area contributed by atoms with Crippen molar-refractivity contribution in [2.24, 2.45) is 0 Å². The number of hydrogen-bond donors (Lipinski definition) is 0. The van der Waals surface area contributed by atoms with Gasteiger partial charge in [-0.3, -0.25) is 0 Å². The summed E-state index contributed by atoms with van der Waals surface area (Å²) >= 11 is 10.7. The van der Waals surface area contributed by atoms with E-state index in [-0.39, 0.29) is 0 Å². The average Bonchev–Trinajstić information content (AvgIpc) is 2.14. The zero-order chi connectivity index (χ0) is 10.3. The Balaban J connectivity index is 3.02. The first-order valence-corrected chi connectivity index (χ1v) is 6.52. The van der Waals surface area contributed by atoms with E-state index in [0.29, 0.717) is 0 Å². The summed E-state index contributed by atoms with van der Waals surface area (Å²) in [6.07, 6.45) is 0. The molecule has 0 saturated carbocycles. The summed E-state index contributed by atoms with van der Waals surface area (Å²) in [6.45, 7) is 2.09. The smallest absolute Gasteiger partial charge is 0.0284 e. The third kappa shape index (κ3) is 1.66. The molecule has 0 radical (unpaired) electrons. The Labute approximate surface area is 108 Å². The van der Waals surface area contributed by atoms with E-state index >= 15 is 0 Å². The van der Waals surface area contributed by atoms with E-state index in [1.807, 2.05) is 6.07 Å². The van der Waals surface area contributed by atoms with Gasteiger partial charge in [0.15, 0.2) is 0 Å². The maximum Gasteiger partial charge on any atom is 0.0284 e. The SMILES string of the molecule is Cc1cc(Br)c2c(Br)cccc2c1Br. The van der Waals surface area contributed by atoms with Crippen LogP contribution in [-0.2, 0) is 0 Å². The van der Waals surface area contributed by atoms with E-state index in [2.05, 4.69) is 72.9 Å². The Kier molecular flexibility index (Phi) is 3.01. The van der Waals surface area contributed by atoms with Crippen LogP contribution >= 0.6 is 47.8 Å².